The van der Waals surface area contributed by atoms with Crippen LogP contribution >= 0.6 is 0 Å². The molecule has 0 aromatic carbocycles. The number of quaternary nitrogens is 1. The molecule has 198 valence electrons. The van der Waals surface area contributed by atoms with Gasteiger partial charge in [-0.15, -0.1) is 0 Å². The van der Waals surface area contributed by atoms with E-state index in [1.54, 1.807) is 21.1 Å². The predicted octanol–water partition coefficient (Wildman–Crippen LogP) is 5.10. The number of aliphatic carboxylic acids is 2. The number of hydrogen-bond acceptors (Lipinski definition) is 4. The summed E-state index contributed by atoms with van der Waals surface area (Å²) >= 11 is 0. The van der Waals surface area contributed by atoms with Crippen molar-refractivity contribution in [1.29, 1.82) is 0 Å². The highest BCUT2D eigenvalue weighted by Crippen LogP contribution is 2.15. The second kappa shape index (κ2) is 22.6. The molecular formula is C27H56N2O4. The van der Waals surface area contributed by atoms with Crippen molar-refractivity contribution in [2.75, 3.05) is 41.8 Å². The normalized spacial score (nSPS) is 12.3. The molecule has 0 aromatic heterocycles. The molecular weight excluding hydrogens is 416 g/mol. The van der Waals surface area contributed by atoms with Gasteiger partial charge in [0, 0.05) is 0 Å². The van der Waals surface area contributed by atoms with E-state index < -0.39 is 11.9 Å². The first-order valence-electron chi connectivity index (χ1n) is 13.4. The van der Waals surface area contributed by atoms with E-state index >= 15 is 0 Å². The fraction of sp³-hybridized carbons (Fsp3) is 0.926. The van der Waals surface area contributed by atoms with Crippen molar-refractivity contribution in [1.82, 2.24) is 4.90 Å². The molecule has 6 heteroatoms. The molecule has 1 unspecified atom stereocenters. The van der Waals surface area contributed by atoms with Crippen LogP contribution in [0.3, 0.4) is 0 Å². The molecule has 6 nitrogen and oxygen atoms in total. The quantitative estimate of drug-likeness (QED) is 0.186. The van der Waals surface area contributed by atoms with Crippen molar-refractivity contribution in [2.45, 2.75) is 122 Å². The summed E-state index contributed by atoms with van der Waals surface area (Å²) in [5.41, 5.74) is 0. The Labute approximate surface area is 205 Å². The van der Waals surface area contributed by atoms with Crippen LogP contribution in [0, 0.1) is 0 Å². The monoisotopic (exact) mass is 472 g/mol. The molecule has 0 radical (unpaired) electrons. The fourth-order valence-corrected chi connectivity index (χ4v) is 3.88. The number of carboxylic acid groups (broad SMARTS) is 2. The summed E-state index contributed by atoms with van der Waals surface area (Å²) in [6.07, 6.45) is 22.5. The molecule has 0 aliphatic heterocycles. The second-order valence-corrected chi connectivity index (χ2v) is 10.7. The van der Waals surface area contributed by atoms with Gasteiger partial charge in [-0.25, -0.2) is 0 Å². The van der Waals surface area contributed by atoms with Gasteiger partial charge in [-0.1, -0.05) is 110 Å². The van der Waals surface area contributed by atoms with Gasteiger partial charge in [0.15, 0.2) is 0 Å². The minimum Gasteiger partial charge on any atom is -0.544 e. The molecule has 33 heavy (non-hydrogen) atoms. The standard InChI is InChI=1S/C22H45NO2.C5H11NO2/c1-4-5-6-7-8-9-10-11-12-13-14-15-16-17-18-19-20-21(22(24)25)23(2)3;1-6(2,3)4-5(7)8/h21H,4-20H2,1-3H3,(H,24,25);4H2,1-3H3. The van der Waals surface area contributed by atoms with E-state index in [2.05, 4.69) is 6.92 Å². The molecule has 1 atom stereocenters. The van der Waals surface area contributed by atoms with Crippen LogP contribution in [0.1, 0.15) is 116 Å². The smallest absolute Gasteiger partial charge is 0.320 e. The topological polar surface area (TPSA) is 80.7 Å². The SMILES string of the molecule is CCCCCCCCCCCCCCCCCCC(C(=O)O)N(C)C.C[N+](C)(C)CC(=O)[O-]. The highest BCUT2D eigenvalue weighted by molar-refractivity contribution is 5.73. The number of carbonyl (C=O) groups excluding carboxylic acids is 1. The Bertz CT molecular complexity index is 462. The molecule has 0 heterocycles. The summed E-state index contributed by atoms with van der Waals surface area (Å²) in [6, 6.07) is -0.313. The minimum absolute atomic E-state index is 0.0694. The number of unbranched alkanes of at least 4 members (excludes halogenated alkanes) is 15. The van der Waals surface area contributed by atoms with Crippen LogP contribution in [0.15, 0.2) is 0 Å². The molecule has 0 aliphatic rings. The summed E-state index contributed by atoms with van der Waals surface area (Å²) in [5, 5.41) is 19.0. The molecule has 0 fully saturated rings. The fourth-order valence-electron chi connectivity index (χ4n) is 3.88. The first-order chi connectivity index (χ1) is 15.5. The molecule has 0 bridgehead atoms. The number of nitrogens with zero attached hydrogens (tertiary/aromatic N) is 2. The zero-order valence-corrected chi connectivity index (χ0v) is 22.9. The third-order valence-electron chi connectivity index (χ3n) is 5.84. The zero-order valence-electron chi connectivity index (χ0n) is 22.9. The molecule has 0 saturated carbocycles. The maximum absolute atomic E-state index is 11.1. The van der Waals surface area contributed by atoms with Gasteiger partial charge >= 0.3 is 5.97 Å². The van der Waals surface area contributed by atoms with Gasteiger partial charge in [0.05, 0.1) is 27.1 Å². The Morgan fingerprint density at radius 1 is 0.727 bits per heavy atom. The molecule has 0 spiro atoms. The summed E-state index contributed by atoms with van der Waals surface area (Å²) in [4.78, 5) is 22.8. The molecule has 0 aromatic rings. The summed E-state index contributed by atoms with van der Waals surface area (Å²) < 4.78 is 0.419. The first-order valence-corrected chi connectivity index (χ1v) is 13.4. The molecule has 1 N–H and O–H groups in total. The molecule has 0 aliphatic carbocycles. The average Bonchev–Trinajstić information content (AvgIpc) is 2.68. The van der Waals surface area contributed by atoms with Gasteiger partial charge in [0.25, 0.3) is 0 Å². The van der Waals surface area contributed by atoms with Crippen LogP contribution in [0.2, 0.25) is 0 Å². The van der Waals surface area contributed by atoms with Crippen LogP contribution in [0.5, 0.6) is 0 Å². The van der Waals surface area contributed by atoms with Crippen LogP contribution in [-0.4, -0.2) is 74.3 Å². The van der Waals surface area contributed by atoms with Crippen LogP contribution in [-0.2, 0) is 9.59 Å². The Balaban J connectivity index is 0. The minimum atomic E-state index is -1.00. The third-order valence-corrected chi connectivity index (χ3v) is 5.84. The van der Waals surface area contributed by atoms with Crippen LogP contribution in [0.4, 0.5) is 0 Å². The zero-order chi connectivity index (χ0) is 25.5. The summed E-state index contributed by atoms with van der Waals surface area (Å²) in [5.74, 6) is -1.69. The van der Waals surface area contributed by atoms with E-state index in [1.807, 2.05) is 19.0 Å². The lowest BCUT2D eigenvalue weighted by Gasteiger charge is -2.23. The number of rotatable bonds is 21. The van der Waals surface area contributed by atoms with Crippen LogP contribution < -0.4 is 5.11 Å². The van der Waals surface area contributed by atoms with Crippen molar-refractivity contribution >= 4 is 11.9 Å². The lowest BCUT2D eigenvalue weighted by molar-refractivity contribution is -0.864. The maximum atomic E-state index is 11.1. The largest absolute Gasteiger partial charge is 0.544 e. The second-order valence-electron chi connectivity index (χ2n) is 10.7. The van der Waals surface area contributed by atoms with Crippen molar-refractivity contribution < 1.29 is 24.3 Å². The summed E-state index contributed by atoms with van der Waals surface area (Å²) in [7, 11) is 9.11. The Morgan fingerprint density at radius 3 is 1.27 bits per heavy atom. The van der Waals surface area contributed by atoms with E-state index in [-0.39, 0.29) is 12.6 Å². The van der Waals surface area contributed by atoms with Crippen molar-refractivity contribution in [2.24, 2.45) is 0 Å². The lowest BCUT2D eigenvalue weighted by atomic mass is 10.0. The third kappa shape index (κ3) is 28.8. The van der Waals surface area contributed by atoms with Gasteiger partial charge in [0.1, 0.15) is 12.6 Å². The number of likely N-dealkylation sites (N-methyl/N-ethyl adjacent to an activating group) is 2. The van der Waals surface area contributed by atoms with Crippen molar-refractivity contribution in [3.8, 4) is 0 Å². The maximum Gasteiger partial charge on any atom is 0.320 e. The average molecular weight is 473 g/mol. The van der Waals surface area contributed by atoms with E-state index in [0.29, 0.717) is 4.48 Å². The molecule has 0 saturated heterocycles. The van der Waals surface area contributed by atoms with E-state index in [9.17, 15) is 14.7 Å². The Morgan fingerprint density at radius 2 is 1.06 bits per heavy atom. The van der Waals surface area contributed by atoms with Crippen LogP contribution in [0.25, 0.3) is 0 Å². The van der Waals surface area contributed by atoms with E-state index in [1.165, 1.54) is 96.3 Å². The van der Waals surface area contributed by atoms with E-state index in [4.69, 9.17) is 5.11 Å². The Kier molecular flexibility index (Phi) is 23.3. The van der Waals surface area contributed by atoms with Gasteiger partial charge in [-0.05, 0) is 20.5 Å². The summed E-state index contributed by atoms with van der Waals surface area (Å²) in [6.45, 7) is 2.35. The highest BCUT2D eigenvalue weighted by Gasteiger charge is 2.18. The van der Waals surface area contributed by atoms with Crippen molar-refractivity contribution in [3.05, 3.63) is 0 Å². The van der Waals surface area contributed by atoms with Crippen molar-refractivity contribution in [3.63, 3.8) is 0 Å². The van der Waals surface area contributed by atoms with Gasteiger partial charge in [-0.3, -0.25) is 9.69 Å². The first kappa shape index (κ1) is 34.0. The predicted molar refractivity (Wildman–Crippen MR) is 137 cm³/mol. The Hall–Kier alpha value is -1.14. The molecule has 0 rings (SSSR count). The lowest BCUT2D eigenvalue weighted by Crippen LogP contribution is -2.45. The van der Waals surface area contributed by atoms with Gasteiger partial charge in [0.2, 0.25) is 0 Å². The van der Waals surface area contributed by atoms with E-state index in [0.717, 1.165) is 12.8 Å². The number of hydrogen-bond donors (Lipinski definition) is 1. The van der Waals surface area contributed by atoms with Gasteiger partial charge in [-0.2, -0.15) is 0 Å². The number of carbonyl (C=O) groups is 2. The number of carboxylic acids is 2. The highest BCUT2D eigenvalue weighted by atomic mass is 16.4. The molecule has 0 amide bonds. The van der Waals surface area contributed by atoms with Gasteiger partial charge < -0.3 is 19.5 Å².